The molecule has 0 aromatic heterocycles. The van der Waals surface area contributed by atoms with Crippen molar-refractivity contribution in [2.24, 2.45) is 11.1 Å². The van der Waals surface area contributed by atoms with Crippen molar-refractivity contribution in [2.45, 2.75) is 64.3 Å². The Morgan fingerprint density at radius 1 is 1.11 bits per heavy atom. The summed E-state index contributed by atoms with van der Waals surface area (Å²) in [5.74, 6) is 0.246. The molecule has 194 valence electrons. The van der Waals surface area contributed by atoms with Gasteiger partial charge in [-0.2, -0.15) is 0 Å². The van der Waals surface area contributed by atoms with Crippen molar-refractivity contribution < 1.29 is 9.23 Å². The molecule has 0 unspecified atom stereocenters. The number of hydrogen-bond donors (Lipinski definition) is 1. The highest BCUT2D eigenvalue weighted by molar-refractivity contribution is 6.05. The number of unbranched alkanes of at least 4 members (excludes halogenated alkanes) is 2. The Bertz CT molecular complexity index is 973. The summed E-state index contributed by atoms with van der Waals surface area (Å²) < 4.78 is 13.4. The molecule has 2 aromatic rings. The van der Waals surface area contributed by atoms with Gasteiger partial charge in [0.15, 0.2) is 0 Å². The van der Waals surface area contributed by atoms with Crippen LogP contribution in [0, 0.1) is 11.7 Å². The van der Waals surface area contributed by atoms with Crippen LogP contribution in [0.5, 0.6) is 0 Å². The molecule has 2 fully saturated rings. The second-order valence-corrected chi connectivity index (χ2v) is 10.2. The molecule has 1 saturated carbocycles. The molecule has 0 bridgehead atoms. The van der Waals surface area contributed by atoms with Gasteiger partial charge in [-0.1, -0.05) is 73.8 Å². The third-order valence-corrected chi connectivity index (χ3v) is 7.50. The molecule has 2 aromatic carbocycles. The van der Waals surface area contributed by atoms with E-state index in [2.05, 4.69) is 53.5 Å². The van der Waals surface area contributed by atoms with Gasteiger partial charge in [-0.25, -0.2) is 4.39 Å². The summed E-state index contributed by atoms with van der Waals surface area (Å²) in [6, 6.07) is 18.0. The number of halogens is 1. The summed E-state index contributed by atoms with van der Waals surface area (Å²) in [6.45, 7) is 6.79. The van der Waals surface area contributed by atoms with Crippen molar-refractivity contribution in [3.63, 3.8) is 0 Å². The minimum Gasteiger partial charge on any atom is -0.394 e. The van der Waals surface area contributed by atoms with Gasteiger partial charge >= 0.3 is 0 Å². The number of rotatable bonds is 11. The van der Waals surface area contributed by atoms with Crippen molar-refractivity contribution >= 4 is 11.8 Å². The Kier molecular flexibility index (Phi) is 10.5. The zero-order chi connectivity index (χ0) is 25.0. The lowest BCUT2D eigenvalue weighted by molar-refractivity contribution is 0.0797. The zero-order valence-electron chi connectivity index (χ0n) is 21.8. The van der Waals surface area contributed by atoms with Crippen molar-refractivity contribution in [2.75, 3.05) is 32.8 Å². The first-order valence-electron chi connectivity index (χ1n) is 13.9. The molecule has 1 aliphatic carbocycles. The fourth-order valence-corrected chi connectivity index (χ4v) is 5.49. The van der Waals surface area contributed by atoms with Crippen molar-refractivity contribution in [1.29, 1.82) is 0 Å². The summed E-state index contributed by atoms with van der Waals surface area (Å²) in [6.07, 6.45) is 11.4. The molecule has 2 aliphatic rings. The van der Waals surface area contributed by atoms with Gasteiger partial charge in [-0.15, -0.1) is 0 Å². The molecule has 0 amide bonds. The first kappa shape index (κ1) is 26.6. The van der Waals surface area contributed by atoms with Crippen LogP contribution in [0.2, 0.25) is 0 Å². The highest BCUT2D eigenvalue weighted by atomic mass is 19.1. The van der Waals surface area contributed by atoms with Gasteiger partial charge in [0.1, 0.15) is 12.4 Å². The van der Waals surface area contributed by atoms with Crippen molar-refractivity contribution in [1.82, 2.24) is 10.2 Å². The van der Waals surface area contributed by atoms with E-state index in [4.69, 9.17) is 9.99 Å². The van der Waals surface area contributed by atoms with Crippen LogP contribution in [0.25, 0.3) is 6.08 Å². The molecule has 36 heavy (non-hydrogen) atoms. The predicted octanol–water partition coefficient (Wildman–Crippen LogP) is 6.48. The van der Waals surface area contributed by atoms with Gasteiger partial charge in [-0.05, 0) is 67.0 Å². The maximum Gasteiger partial charge on any atom is 0.129 e. The van der Waals surface area contributed by atoms with Crippen molar-refractivity contribution in [3.8, 4) is 0 Å². The summed E-state index contributed by atoms with van der Waals surface area (Å²) in [5.41, 5.74) is 4.77. The minimum atomic E-state index is -0.200. The largest absolute Gasteiger partial charge is 0.394 e. The smallest absolute Gasteiger partial charge is 0.129 e. The molecule has 0 radical (unpaired) electrons. The molecule has 2 atom stereocenters. The average molecular weight is 492 g/mol. The lowest BCUT2D eigenvalue weighted by Gasteiger charge is -2.36. The van der Waals surface area contributed by atoms with E-state index < -0.39 is 0 Å². The highest BCUT2D eigenvalue weighted by Crippen LogP contribution is 2.31. The van der Waals surface area contributed by atoms with Gasteiger partial charge in [-0.3, -0.25) is 4.90 Å². The topological polar surface area (TPSA) is 36.9 Å². The van der Waals surface area contributed by atoms with Gasteiger partial charge in [0.2, 0.25) is 0 Å². The van der Waals surface area contributed by atoms with E-state index in [1.54, 1.807) is 0 Å². The molecule has 1 N–H and O–H groups in total. The second-order valence-electron chi connectivity index (χ2n) is 10.2. The predicted molar refractivity (Wildman–Crippen MR) is 148 cm³/mol. The SMILES string of the molecule is CCCCC[C@H]1CCCC(=C\c2ccc(F)cc2)/C1=N/OCCN1CCNC[C@H]1Cc1ccccc1. The Balaban J connectivity index is 1.40. The van der Waals surface area contributed by atoms with E-state index in [9.17, 15) is 4.39 Å². The van der Waals surface area contributed by atoms with E-state index in [0.29, 0.717) is 18.6 Å². The van der Waals surface area contributed by atoms with Crippen LogP contribution < -0.4 is 5.32 Å². The lowest BCUT2D eigenvalue weighted by Crippen LogP contribution is -2.53. The lowest BCUT2D eigenvalue weighted by atomic mass is 9.80. The number of piperazine rings is 1. The fraction of sp³-hybridized carbons (Fsp3) is 0.516. The molecule has 1 aliphatic heterocycles. The molecule has 0 spiro atoms. The Labute approximate surface area is 216 Å². The van der Waals surface area contributed by atoms with Crippen molar-refractivity contribution in [3.05, 3.63) is 77.1 Å². The van der Waals surface area contributed by atoms with Crippen LogP contribution in [0.1, 0.15) is 63.0 Å². The number of hydrogen-bond acceptors (Lipinski definition) is 4. The summed E-state index contributed by atoms with van der Waals surface area (Å²) >= 11 is 0. The van der Waals surface area contributed by atoms with Crippen LogP contribution >= 0.6 is 0 Å². The number of oxime groups is 1. The fourth-order valence-electron chi connectivity index (χ4n) is 5.49. The van der Waals surface area contributed by atoms with E-state index >= 15 is 0 Å². The Morgan fingerprint density at radius 2 is 1.94 bits per heavy atom. The van der Waals surface area contributed by atoms with E-state index in [1.807, 2.05) is 12.1 Å². The Hall–Kier alpha value is -2.50. The average Bonchev–Trinajstić information content (AvgIpc) is 2.90. The molecular formula is C31H42FN3O. The van der Waals surface area contributed by atoms with Gasteiger partial charge in [0.25, 0.3) is 0 Å². The summed E-state index contributed by atoms with van der Waals surface area (Å²) in [5, 5.41) is 8.31. The first-order chi connectivity index (χ1) is 17.7. The maximum atomic E-state index is 13.4. The van der Waals surface area contributed by atoms with Gasteiger partial charge < -0.3 is 10.2 Å². The number of nitrogens with zero attached hydrogens (tertiary/aromatic N) is 2. The number of nitrogens with one attached hydrogen (secondary N) is 1. The number of allylic oxidation sites excluding steroid dienone is 1. The maximum absolute atomic E-state index is 13.4. The number of benzene rings is 2. The standard InChI is InChI=1S/C31H42FN3O/c1-2-3-5-11-27-12-8-13-28(22-26-14-16-29(32)17-15-26)31(27)34-36-21-20-35-19-18-33-24-30(35)23-25-9-6-4-7-10-25/h4,6-7,9-10,14-17,22,27,30,33H,2-3,5,8,11-13,18-21,23-24H2,1H3/b28-22+,34-31+/t27-,30+/m0/s1. The van der Waals surface area contributed by atoms with Crippen LogP contribution in [0.4, 0.5) is 4.39 Å². The summed E-state index contributed by atoms with van der Waals surface area (Å²) in [4.78, 5) is 8.56. The Morgan fingerprint density at radius 3 is 2.75 bits per heavy atom. The first-order valence-corrected chi connectivity index (χ1v) is 13.9. The molecule has 4 rings (SSSR count). The molecule has 4 nitrogen and oxygen atoms in total. The second kappa shape index (κ2) is 14.3. The molecular weight excluding hydrogens is 449 g/mol. The van der Waals surface area contributed by atoms with Crippen LogP contribution in [0.3, 0.4) is 0 Å². The molecule has 1 saturated heterocycles. The van der Waals surface area contributed by atoms with Gasteiger partial charge in [0.05, 0.1) is 5.71 Å². The highest BCUT2D eigenvalue weighted by Gasteiger charge is 2.26. The van der Waals surface area contributed by atoms with Crippen LogP contribution in [0.15, 0.2) is 65.3 Å². The third kappa shape index (κ3) is 8.01. The van der Waals surface area contributed by atoms with Gasteiger partial charge in [0, 0.05) is 38.1 Å². The normalized spacial score (nSPS) is 23.3. The van der Waals surface area contributed by atoms with E-state index in [1.165, 1.54) is 55.4 Å². The van der Waals surface area contributed by atoms with Crippen LogP contribution in [-0.2, 0) is 11.3 Å². The summed E-state index contributed by atoms with van der Waals surface area (Å²) in [7, 11) is 0. The minimum absolute atomic E-state index is 0.200. The molecule has 1 heterocycles. The van der Waals surface area contributed by atoms with E-state index in [0.717, 1.165) is 56.7 Å². The quantitative estimate of drug-likeness (QED) is 0.289. The monoisotopic (exact) mass is 491 g/mol. The van der Waals surface area contributed by atoms with Crippen LogP contribution in [-0.4, -0.2) is 49.4 Å². The van der Waals surface area contributed by atoms with E-state index in [-0.39, 0.29) is 5.82 Å². The molecule has 5 heteroatoms. The zero-order valence-corrected chi connectivity index (χ0v) is 21.8. The third-order valence-electron chi connectivity index (χ3n) is 7.50.